The predicted molar refractivity (Wildman–Crippen MR) is 75.3 cm³/mol. The van der Waals surface area contributed by atoms with E-state index in [1.165, 1.54) is 7.05 Å². The Labute approximate surface area is 123 Å². The van der Waals surface area contributed by atoms with Gasteiger partial charge in [-0.2, -0.15) is 7.05 Å². The molecule has 0 spiro atoms. The van der Waals surface area contributed by atoms with Crippen LogP contribution >= 0.6 is 7.60 Å². The van der Waals surface area contributed by atoms with Gasteiger partial charge in [-0.3, -0.25) is 0 Å². The number of rotatable bonds is 5. The maximum atomic E-state index is 10.8. The second kappa shape index (κ2) is 9.25. The Hall–Kier alpha value is -0.697. The third-order valence-corrected chi connectivity index (χ3v) is 3.11. The van der Waals surface area contributed by atoms with Crippen LogP contribution in [0, 0.1) is 6.58 Å². The molecule has 1 aromatic carbocycles. The molecule has 107 valence electrons. The molecule has 0 bridgehead atoms. The zero-order valence-corrected chi connectivity index (χ0v) is 12.9. The van der Waals surface area contributed by atoms with Gasteiger partial charge in [-0.15, -0.1) is 0 Å². The summed E-state index contributed by atoms with van der Waals surface area (Å²) >= 11 is 2.62. The standard InChI is InChI=1S/C12H12O3P.CH4N.Rh/c1-3-4-10(2)12-7-5-11(6-8-12)9-16(13,14)15;1-2;/h1-8H,9H2,(H2,13,14,15);2H,1H3;/q2*-1;/b4-3-;;. The Morgan fingerprint density at radius 1 is 1.37 bits per heavy atom. The molecule has 1 rings (SSSR count). The molecule has 0 saturated heterocycles. The molecule has 0 atom stereocenters. The zero-order valence-electron chi connectivity index (χ0n) is 10.4. The molecule has 0 heterocycles. The van der Waals surface area contributed by atoms with E-state index < -0.39 is 7.60 Å². The van der Waals surface area contributed by atoms with E-state index in [2.05, 4.69) is 17.9 Å². The van der Waals surface area contributed by atoms with Crippen molar-refractivity contribution in [2.45, 2.75) is 6.16 Å². The summed E-state index contributed by atoms with van der Waals surface area (Å²) in [4.78, 5) is 17.7. The van der Waals surface area contributed by atoms with E-state index >= 15 is 0 Å². The topological polar surface area (TPSA) is 81.3 Å². The molecule has 0 aliphatic heterocycles. The van der Waals surface area contributed by atoms with Crippen molar-refractivity contribution in [3.63, 3.8) is 0 Å². The van der Waals surface area contributed by atoms with Crippen molar-refractivity contribution in [2.75, 3.05) is 7.05 Å². The summed E-state index contributed by atoms with van der Waals surface area (Å²) in [6.45, 7) is 5.80. The van der Waals surface area contributed by atoms with Gasteiger partial charge in [-0.05, 0) is 0 Å². The molecule has 1 aromatic rings. The van der Waals surface area contributed by atoms with Gasteiger partial charge in [0.25, 0.3) is 0 Å². The van der Waals surface area contributed by atoms with Crippen LogP contribution in [0.3, 0.4) is 0 Å². The average molecular weight is 368 g/mol. The Kier molecular flexibility index (Phi) is 8.91. The van der Waals surface area contributed by atoms with Gasteiger partial charge in [0.2, 0.25) is 0 Å². The first-order valence-electron chi connectivity index (χ1n) is 5.26. The van der Waals surface area contributed by atoms with Gasteiger partial charge >= 0.3 is 110 Å². The molecule has 0 aromatic heterocycles. The monoisotopic (exact) mass is 368 g/mol. The molecule has 6 heteroatoms. The van der Waals surface area contributed by atoms with Gasteiger partial charge in [-0.1, -0.05) is 0 Å². The second-order valence-corrected chi connectivity index (χ2v) is 5.64. The van der Waals surface area contributed by atoms with E-state index in [1.807, 2.05) is 0 Å². The predicted octanol–water partition coefficient (Wildman–Crippen LogP) is 2.75. The quantitative estimate of drug-likeness (QED) is 0.363. The van der Waals surface area contributed by atoms with Crippen molar-refractivity contribution in [1.82, 2.24) is 0 Å². The summed E-state index contributed by atoms with van der Waals surface area (Å²) in [6, 6.07) is 6.81. The van der Waals surface area contributed by atoms with Gasteiger partial charge < -0.3 is 5.73 Å². The summed E-state index contributed by atoms with van der Waals surface area (Å²) in [5.41, 5.74) is 7.76. The zero-order chi connectivity index (χ0) is 14.9. The molecule has 0 saturated carbocycles. The van der Waals surface area contributed by atoms with Crippen molar-refractivity contribution >= 4 is 17.8 Å². The number of hydrogen-bond acceptors (Lipinski definition) is 1. The molecule has 0 radical (unpaired) electrons. The van der Waals surface area contributed by atoms with E-state index in [4.69, 9.17) is 22.1 Å². The van der Waals surface area contributed by atoms with Gasteiger partial charge in [0.15, 0.2) is 0 Å². The van der Waals surface area contributed by atoms with E-state index in [1.54, 1.807) is 41.0 Å². The fourth-order valence-electron chi connectivity index (χ4n) is 1.27. The normalized spacial score (nSPS) is 10.8. The Morgan fingerprint density at radius 2 is 1.89 bits per heavy atom. The Balaban J connectivity index is 0.00000154. The summed E-state index contributed by atoms with van der Waals surface area (Å²) < 4.78 is 12.6. The van der Waals surface area contributed by atoms with E-state index in [0.29, 0.717) is 11.1 Å². The van der Waals surface area contributed by atoms with E-state index in [9.17, 15) is 4.57 Å². The number of hydrogen-bond donors (Lipinski definition) is 2. The molecule has 0 fully saturated rings. The summed E-state index contributed by atoms with van der Waals surface area (Å²) in [5, 5.41) is 0. The number of allylic oxidation sites excluding steroid dienone is 3. The van der Waals surface area contributed by atoms with Crippen LogP contribution in [0.4, 0.5) is 0 Å². The Morgan fingerprint density at radius 3 is 2.32 bits per heavy atom. The Bertz CT molecular complexity index is 491. The van der Waals surface area contributed by atoms with Crippen LogP contribution in [0.15, 0.2) is 36.4 Å². The van der Waals surface area contributed by atoms with E-state index in [-0.39, 0.29) is 6.16 Å². The van der Waals surface area contributed by atoms with Gasteiger partial charge in [0.05, 0.1) is 0 Å². The SMILES string of the molecule is C[NH-].[CH-]=C(/C=C\[CH]=[Rh])c1ccc(CP(=O)(O)O)cc1. The van der Waals surface area contributed by atoms with Crippen LogP contribution in [0.1, 0.15) is 11.1 Å². The third-order valence-electron chi connectivity index (χ3n) is 2.02. The van der Waals surface area contributed by atoms with Crippen molar-refractivity contribution in [3.8, 4) is 0 Å². The van der Waals surface area contributed by atoms with Crippen LogP contribution in [-0.2, 0) is 28.6 Å². The van der Waals surface area contributed by atoms with Crippen molar-refractivity contribution in [2.24, 2.45) is 0 Å². The average Bonchev–Trinajstić information content (AvgIpc) is 2.37. The fraction of sp³-hybridized carbons (Fsp3) is 0.154. The van der Waals surface area contributed by atoms with Crippen LogP contribution < -0.4 is 0 Å². The minimum absolute atomic E-state index is 0.249. The van der Waals surface area contributed by atoms with Gasteiger partial charge in [-0.25, -0.2) is 0 Å². The molecule has 0 aliphatic carbocycles. The van der Waals surface area contributed by atoms with E-state index in [0.717, 1.165) is 5.56 Å². The second-order valence-electron chi connectivity index (χ2n) is 3.45. The first kappa shape index (κ1) is 18.3. The van der Waals surface area contributed by atoms with Crippen molar-refractivity contribution in [3.05, 3.63) is 59.9 Å². The van der Waals surface area contributed by atoms with Crippen LogP contribution in [0.2, 0.25) is 0 Å². The first-order valence-corrected chi connectivity index (χ1v) is 8.00. The molecular weight excluding hydrogens is 352 g/mol. The van der Waals surface area contributed by atoms with Crippen LogP contribution in [0.5, 0.6) is 0 Å². The third kappa shape index (κ3) is 8.15. The van der Waals surface area contributed by atoms with Crippen LogP contribution in [0.25, 0.3) is 11.3 Å². The molecule has 0 amide bonds. The van der Waals surface area contributed by atoms with Gasteiger partial charge in [0.1, 0.15) is 0 Å². The molecular formula is C13H16NO3PRh-2. The molecule has 0 unspecified atom stereocenters. The molecule has 4 nitrogen and oxygen atoms in total. The van der Waals surface area contributed by atoms with Crippen LogP contribution in [-0.4, -0.2) is 21.4 Å². The molecule has 0 aliphatic rings. The number of nitrogens with one attached hydrogen (secondary N) is 1. The van der Waals surface area contributed by atoms with Crippen molar-refractivity contribution in [1.29, 1.82) is 0 Å². The van der Waals surface area contributed by atoms with Crippen molar-refractivity contribution < 1.29 is 32.2 Å². The minimum atomic E-state index is -4.00. The first-order chi connectivity index (χ1) is 8.92. The summed E-state index contributed by atoms with van der Waals surface area (Å²) in [5.74, 6) is 0. The molecule has 19 heavy (non-hydrogen) atoms. The fourth-order valence-corrected chi connectivity index (χ4v) is 2.12. The molecule has 3 N–H and O–H groups in total. The summed E-state index contributed by atoms with van der Waals surface area (Å²) in [6.07, 6.45) is 3.28. The maximum absolute atomic E-state index is 10.8. The van der Waals surface area contributed by atoms with Gasteiger partial charge in [0, 0.05) is 0 Å². The number of benzene rings is 1. The summed E-state index contributed by atoms with van der Waals surface area (Å²) in [7, 11) is -2.75.